The standard InChI is InChI=1S/C17H24N4O2S/c1-12(2)11-20-17(23)21-14(7-3-4-8-15(21)19-20)16(22)18-10-13-6-5-9-24-13/h5-6,9,12,14H,3-4,7-8,10-11H2,1-2H3,(H,18,22). The van der Waals surface area contributed by atoms with Crippen molar-refractivity contribution in [3.8, 4) is 0 Å². The van der Waals surface area contributed by atoms with Gasteiger partial charge in [-0.05, 0) is 30.2 Å². The summed E-state index contributed by atoms with van der Waals surface area (Å²) in [5.41, 5.74) is -0.156. The number of nitrogens with zero attached hydrogens (tertiary/aromatic N) is 3. The minimum atomic E-state index is -0.448. The largest absolute Gasteiger partial charge is 0.349 e. The highest BCUT2D eigenvalue weighted by molar-refractivity contribution is 7.09. The Balaban J connectivity index is 1.82. The minimum Gasteiger partial charge on any atom is -0.349 e. The van der Waals surface area contributed by atoms with E-state index in [2.05, 4.69) is 24.3 Å². The molecule has 0 radical (unpaired) electrons. The molecule has 0 saturated heterocycles. The van der Waals surface area contributed by atoms with Gasteiger partial charge in [-0.2, -0.15) is 5.10 Å². The smallest absolute Gasteiger partial charge is 0.346 e. The van der Waals surface area contributed by atoms with Crippen molar-refractivity contribution in [1.29, 1.82) is 0 Å². The molecular weight excluding hydrogens is 324 g/mol. The molecule has 0 bridgehead atoms. The molecule has 7 heteroatoms. The molecule has 1 aliphatic heterocycles. The molecule has 0 aliphatic carbocycles. The van der Waals surface area contributed by atoms with Crippen LogP contribution in [0.3, 0.4) is 0 Å². The second-order valence-corrected chi connectivity index (χ2v) is 7.74. The summed E-state index contributed by atoms with van der Waals surface area (Å²) in [5, 5.41) is 9.45. The van der Waals surface area contributed by atoms with E-state index in [1.165, 1.54) is 4.68 Å². The zero-order chi connectivity index (χ0) is 17.1. The molecule has 24 heavy (non-hydrogen) atoms. The third-order valence-corrected chi connectivity index (χ3v) is 5.11. The number of fused-ring (bicyclic) bond motifs is 1. The average molecular weight is 348 g/mol. The molecule has 1 unspecified atom stereocenters. The van der Waals surface area contributed by atoms with E-state index in [0.717, 1.165) is 30.0 Å². The summed E-state index contributed by atoms with van der Waals surface area (Å²) in [5.74, 6) is 1.00. The molecule has 1 atom stereocenters. The second-order valence-electron chi connectivity index (χ2n) is 6.70. The zero-order valence-corrected chi connectivity index (χ0v) is 15.0. The van der Waals surface area contributed by atoms with Crippen LogP contribution in [0.1, 0.15) is 49.9 Å². The molecule has 0 saturated carbocycles. The highest BCUT2D eigenvalue weighted by atomic mass is 32.1. The maximum absolute atomic E-state index is 12.7. The van der Waals surface area contributed by atoms with Crippen LogP contribution in [0.15, 0.2) is 22.3 Å². The predicted octanol–water partition coefficient (Wildman–Crippen LogP) is 2.35. The molecular formula is C17H24N4O2S. The number of aromatic nitrogens is 3. The van der Waals surface area contributed by atoms with Gasteiger partial charge >= 0.3 is 5.69 Å². The summed E-state index contributed by atoms with van der Waals surface area (Å²) in [7, 11) is 0. The van der Waals surface area contributed by atoms with Crippen molar-refractivity contribution in [2.75, 3.05) is 0 Å². The molecule has 3 rings (SSSR count). The molecule has 130 valence electrons. The van der Waals surface area contributed by atoms with E-state index in [4.69, 9.17) is 0 Å². The average Bonchev–Trinajstić information content (AvgIpc) is 3.09. The Bertz CT molecular complexity index is 745. The van der Waals surface area contributed by atoms with Gasteiger partial charge in [0.05, 0.1) is 6.54 Å². The maximum atomic E-state index is 12.7. The first-order valence-corrected chi connectivity index (χ1v) is 9.42. The zero-order valence-electron chi connectivity index (χ0n) is 14.2. The number of aryl methyl sites for hydroxylation is 1. The van der Waals surface area contributed by atoms with Gasteiger partial charge in [0.1, 0.15) is 11.9 Å². The lowest BCUT2D eigenvalue weighted by Gasteiger charge is -2.16. The summed E-state index contributed by atoms with van der Waals surface area (Å²) < 4.78 is 3.14. The Labute approximate surface area is 145 Å². The quantitative estimate of drug-likeness (QED) is 0.902. The Kier molecular flexibility index (Phi) is 5.18. The number of amides is 1. The molecule has 0 spiro atoms. The van der Waals surface area contributed by atoms with Gasteiger partial charge in [0, 0.05) is 17.8 Å². The number of thiophene rings is 1. The van der Waals surface area contributed by atoms with Crippen LogP contribution in [0.4, 0.5) is 0 Å². The molecule has 2 aromatic rings. The number of carbonyl (C=O) groups is 1. The summed E-state index contributed by atoms with van der Waals surface area (Å²) in [6.45, 7) is 5.21. The summed E-state index contributed by atoms with van der Waals surface area (Å²) in [6.07, 6.45) is 3.35. The summed E-state index contributed by atoms with van der Waals surface area (Å²) >= 11 is 1.62. The lowest BCUT2D eigenvalue weighted by molar-refractivity contribution is -0.124. The van der Waals surface area contributed by atoms with Gasteiger partial charge in [-0.25, -0.2) is 9.48 Å². The number of hydrogen-bond donors (Lipinski definition) is 1. The predicted molar refractivity (Wildman–Crippen MR) is 94.1 cm³/mol. The van der Waals surface area contributed by atoms with E-state index in [0.29, 0.717) is 25.4 Å². The third kappa shape index (κ3) is 3.61. The Morgan fingerprint density at radius 2 is 2.29 bits per heavy atom. The SMILES string of the molecule is CC(C)Cn1nc2n(c1=O)C(C(=O)NCc1cccs1)CCCC2. The molecule has 1 amide bonds. The molecule has 1 N–H and O–H groups in total. The van der Waals surface area contributed by atoms with Gasteiger partial charge in [0.25, 0.3) is 0 Å². The number of hydrogen-bond acceptors (Lipinski definition) is 4. The fraction of sp³-hybridized carbons (Fsp3) is 0.588. The monoisotopic (exact) mass is 348 g/mol. The first-order valence-electron chi connectivity index (χ1n) is 8.54. The van der Waals surface area contributed by atoms with Crippen LogP contribution in [0.25, 0.3) is 0 Å². The van der Waals surface area contributed by atoms with Gasteiger partial charge in [0.2, 0.25) is 5.91 Å². The van der Waals surface area contributed by atoms with Crippen LogP contribution in [-0.2, 0) is 24.3 Å². The normalized spacial score (nSPS) is 17.5. The number of rotatable bonds is 5. The van der Waals surface area contributed by atoms with E-state index in [1.54, 1.807) is 15.9 Å². The van der Waals surface area contributed by atoms with Crippen molar-refractivity contribution in [3.05, 3.63) is 38.7 Å². The van der Waals surface area contributed by atoms with Crippen molar-refractivity contribution < 1.29 is 4.79 Å². The van der Waals surface area contributed by atoms with Gasteiger partial charge in [-0.3, -0.25) is 9.36 Å². The van der Waals surface area contributed by atoms with Crippen molar-refractivity contribution in [2.24, 2.45) is 5.92 Å². The summed E-state index contributed by atoms with van der Waals surface area (Å²) in [4.78, 5) is 26.5. The van der Waals surface area contributed by atoms with Gasteiger partial charge in [-0.1, -0.05) is 26.3 Å². The molecule has 0 aromatic carbocycles. The van der Waals surface area contributed by atoms with Crippen LogP contribution in [0, 0.1) is 5.92 Å². The fourth-order valence-electron chi connectivity index (χ4n) is 3.12. The highest BCUT2D eigenvalue weighted by Gasteiger charge is 2.29. The van der Waals surface area contributed by atoms with Crippen molar-refractivity contribution in [2.45, 2.75) is 58.7 Å². The lowest BCUT2D eigenvalue weighted by Crippen LogP contribution is -2.38. The molecule has 3 heterocycles. The maximum Gasteiger partial charge on any atom is 0.346 e. The second kappa shape index (κ2) is 7.34. The van der Waals surface area contributed by atoms with Crippen LogP contribution < -0.4 is 11.0 Å². The van der Waals surface area contributed by atoms with Crippen LogP contribution >= 0.6 is 11.3 Å². The van der Waals surface area contributed by atoms with Gasteiger partial charge in [-0.15, -0.1) is 11.3 Å². The molecule has 1 aliphatic rings. The van der Waals surface area contributed by atoms with E-state index in [9.17, 15) is 9.59 Å². The van der Waals surface area contributed by atoms with Gasteiger partial charge < -0.3 is 5.32 Å². The number of carbonyl (C=O) groups excluding carboxylic acids is 1. The third-order valence-electron chi connectivity index (χ3n) is 4.24. The Morgan fingerprint density at radius 1 is 1.46 bits per heavy atom. The first kappa shape index (κ1) is 17.0. The first-order chi connectivity index (χ1) is 11.6. The van der Waals surface area contributed by atoms with Crippen LogP contribution in [-0.4, -0.2) is 20.3 Å². The summed E-state index contributed by atoms with van der Waals surface area (Å²) in [6, 6.07) is 3.52. The fourth-order valence-corrected chi connectivity index (χ4v) is 3.76. The Morgan fingerprint density at radius 3 is 3.00 bits per heavy atom. The van der Waals surface area contributed by atoms with E-state index in [-0.39, 0.29) is 11.6 Å². The van der Waals surface area contributed by atoms with Crippen LogP contribution in [0.5, 0.6) is 0 Å². The highest BCUT2D eigenvalue weighted by Crippen LogP contribution is 2.22. The van der Waals surface area contributed by atoms with Crippen molar-refractivity contribution in [3.63, 3.8) is 0 Å². The molecule has 6 nitrogen and oxygen atoms in total. The lowest BCUT2D eigenvalue weighted by atomic mass is 10.1. The van der Waals surface area contributed by atoms with E-state index in [1.807, 2.05) is 17.5 Å². The number of nitrogens with one attached hydrogen (secondary N) is 1. The molecule has 0 fully saturated rings. The van der Waals surface area contributed by atoms with Gasteiger partial charge in [0.15, 0.2) is 0 Å². The Hall–Kier alpha value is -1.89. The van der Waals surface area contributed by atoms with E-state index >= 15 is 0 Å². The molecule has 2 aromatic heterocycles. The minimum absolute atomic E-state index is 0.0854. The van der Waals surface area contributed by atoms with Crippen molar-refractivity contribution in [1.82, 2.24) is 19.7 Å². The van der Waals surface area contributed by atoms with E-state index < -0.39 is 6.04 Å². The topological polar surface area (TPSA) is 68.9 Å². The van der Waals surface area contributed by atoms with Crippen LogP contribution in [0.2, 0.25) is 0 Å². The van der Waals surface area contributed by atoms with Crippen molar-refractivity contribution >= 4 is 17.2 Å².